The number of fused-ring (bicyclic) bond motifs is 9. The van der Waals surface area contributed by atoms with Gasteiger partial charge in [0.2, 0.25) is 0 Å². The minimum atomic E-state index is -0.00695. The van der Waals surface area contributed by atoms with Gasteiger partial charge < -0.3 is 9.80 Å². The van der Waals surface area contributed by atoms with E-state index in [4.69, 9.17) is 0 Å². The molecular formula is C63H47BN2S4. The topological polar surface area (TPSA) is 6.48 Å². The van der Waals surface area contributed by atoms with E-state index in [1.165, 1.54) is 144 Å². The van der Waals surface area contributed by atoms with Crippen molar-refractivity contribution in [1.29, 1.82) is 0 Å². The van der Waals surface area contributed by atoms with Crippen molar-refractivity contribution in [2.24, 2.45) is 0 Å². The van der Waals surface area contributed by atoms with Gasteiger partial charge in [0.25, 0.3) is 6.71 Å². The fourth-order valence-electron chi connectivity index (χ4n) is 11.4. The summed E-state index contributed by atoms with van der Waals surface area (Å²) in [7, 11) is 0. The molecule has 0 saturated carbocycles. The van der Waals surface area contributed by atoms with Gasteiger partial charge >= 0.3 is 0 Å². The summed E-state index contributed by atoms with van der Waals surface area (Å²) >= 11 is 7.59. The Hall–Kier alpha value is -6.74. The molecule has 4 aromatic heterocycles. The van der Waals surface area contributed by atoms with Crippen molar-refractivity contribution in [3.05, 3.63) is 198 Å². The zero-order chi connectivity index (χ0) is 47.2. The van der Waals surface area contributed by atoms with Crippen molar-refractivity contribution in [2.75, 3.05) is 9.80 Å². The molecule has 336 valence electrons. The van der Waals surface area contributed by atoms with E-state index in [1.54, 1.807) is 0 Å². The molecule has 0 spiro atoms. The summed E-state index contributed by atoms with van der Waals surface area (Å²) in [6.07, 6.45) is 0. The van der Waals surface area contributed by atoms with Crippen molar-refractivity contribution in [3.8, 4) is 31.3 Å². The third kappa shape index (κ3) is 6.55. The highest BCUT2D eigenvalue weighted by Gasteiger charge is 2.46. The average molecular weight is 971 g/mol. The van der Waals surface area contributed by atoms with Crippen molar-refractivity contribution < 1.29 is 0 Å². The normalized spacial score (nSPS) is 13.2. The van der Waals surface area contributed by atoms with E-state index in [9.17, 15) is 0 Å². The van der Waals surface area contributed by atoms with Gasteiger partial charge in [0.05, 0.1) is 10.7 Å². The third-order valence-corrected chi connectivity index (χ3v) is 19.3. The summed E-state index contributed by atoms with van der Waals surface area (Å²) in [5, 5.41) is 6.55. The maximum atomic E-state index is 2.67. The molecule has 0 amide bonds. The Kier molecular flexibility index (Phi) is 9.42. The lowest BCUT2D eigenvalue weighted by Gasteiger charge is -2.44. The molecule has 14 rings (SSSR count). The fourth-order valence-corrected chi connectivity index (χ4v) is 15.8. The van der Waals surface area contributed by atoms with E-state index in [1.807, 2.05) is 45.3 Å². The van der Waals surface area contributed by atoms with E-state index < -0.39 is 0 Å². The number of hydrogen-bond acceptors (Lipinski definition) is 6. The Labute approximate surface area is 425 Å². The van der Waals surface area contributed by atoms with Crippen molar-refractivity contribution in [1.82, 2.24) is 0 Å². The van der Waals surface area contributed by atoms with E-state index in [2.05, 4.69) is 227 Å². The van der Waals surface area contributed by atoms with Crippen LogP contribution < -0.4 is 26.2 Å². The van der Waals surface area contributed by atoms with Gasteiger partial charge in [-0.25, -0.2) is 0 Å². The van der Waals surface area contributed by atoms with E-state index >= 15 is 0 Å². The molecule has 12 aromatic rings. The number of rotatable bonds is 5. The lowest BCUT2D eigenvalue weighted by atomic mass is 9.33. The molecule has 0 bridgehead atoms. The van der Waals surface area contributed by atoms with Crippen LogP contribution in [0.4, 0.5) is 33.4 Å². The Morgan fingerprint density at radius 2 is 1.00 bits per heavy atom. The molecule has 8 aromatic carbocycles. The quantitative estimate of drug-likeness (QED) is 0.159. The first-order valence-electron chi connectivity index (χ1n) is 24.2. The van der Waals surface area contributed by atoms with Crippen LogP contribution in [-0.4, -0.2) is 6.71 Å². The first-order valence-corrected chi connectivity index (χ1v) is 27.4. The number of aryl methyl sites for hydroxylation is 3. The lowest BCUT2D eigenvalue weighted by molar-refractivity contribution is 0.591. The van der Waals surface area contributed by atoms with E-state index in [0.717, 1.165) is 0 Å². The summed E-state index contributed by atoms with van der Waals surface area (Å²) in [4.78, 5) is 9.15. The predicted octanol–water partition coefficient (Wildman–Crippen LogP) is 17.9. The molecule has 2 nitrogen and oxygen atoms in total. The average Bonchev–Trinajstić information content (AvgIpc) is 4.17. The van der Waals surface area contributed by atoms with Crippen LogP contribution in [0.3, 0.4) is 0 Å². The third-order valence-electron chi connectivity index (χ3n) is 14.6. The molecule has 0 aliphatic carbocycles. The molecule has 70 heavy (non-hydrogen) atoms. The molecule has 0 radical (unpaired) electrons. The summed E-state index contributed by atoms with van der Waals surface area (Å²) in [5.74, 6) is 0. The van der Waals surface area contributed by atoms with Crippen LogP contribution in [0, 0.1) is 20.8 Å². The number of hydrogen-bond donors (Lipinski definition) is 0. The number of benzene rings is 8. The summed E-state index contributed by atoms with van der Waals surface area (Å²) in [6, 6.07) is 67.2. The van der Waals surface area contributed by atoms with Crippen LogP contribution >= 0.6 is 45.3 Å². The second-order valence-electron chi connectivity index (χ2n) is 20.3. The monoisotopic (exact) mass is 970 g/mol. The molecule has 2 aliphatic heterocycles. The van der Waals surface area contributed by atoms with Gasteiger partial charge in [0.1, 0.15) is 0 Å². The number of nitrogens with zero attached hydrogens (tertiary/aromatic N) is 2. The number of thiophene rings is 4. The summed E-state index contributed by atoms with van der Waals surface area (Å²) < 4.78 is 5.27. The van der Waals surface area contributed by atoms with Crippen LogP contribution in [0.5, 0.6) is 0 Å². The maximum absolute atomic E-state index is 2.67. The molecule has 0 N–H and O–H groups in total. The van der Waals surface area contributed by atoms with Gasteiger partial charge in [-0.3, -0.25) is 0 Å². The largest absolute Gasteiger partial charge is 0.311 e. The first-order chi connectivity index (χ1) is 34.0. The Bertz CT molecular complexity index is 4020. The highest BCUT2D eigenvalue weighted by molar-refractivity contribution is 7.27. The van der Waals surface area contributed by atoms with Crippen LogP contribution in [0.1, 0.15) is 43.0 Å². The Morgan fingerprint density at radius 1 is 0.429 bits per heavy atom. The van der Waals surface area contributed by atoms with Gasteiger partial charge in [0.15, 0.2) is 0 Å². The standard InChI is InChI=1S/C63H47BN2S4/c1-36-26-50-60-51(27-36)66(61-37(2)28-44(29-38(61)3)58-34-42-16-9-12-21-54(42)69-58)62-59(47-35-45(63(4,5)6)23-25-55(47)70-62)64(60)48-24-22-43(57-33-41-15-8-11-20-53(41)68-57)31-49(48)65(50)46-18-13-17-39(30-46)56-32-40-14-7-10-19-52(40)67-56/h7-35H,1-6H3. The van der Waals surface area contributed by atoms with Crippen LogP contribution in [0.15, 0.2) is 176 Å². The predicted molar refractivity (Wildman–Crippen MR) is 311 cm³/mol. The number of anilines is 6. The molecule has 0 saturated heterocycles. The van der Waals surface area contributed by atoms with Gasteiger partial charge in [-0.1, -0.05) is 112 Å². The Balaban J connectivity index is 1.04. The Morgan fingerprint density at radius 3 is 1.60 bits per heavy atom. The molecule has 7 heteroatoms. The second-order valence-corrected chi connectivity index (χ2v) is 24.6. The molecule has 6 heterocycles. The summed E-state index contributed by atoms with van der Waals surface area (Å²) in [6.45, 7) is 14.0. The van der Waals surface area contributed by atoms with Gasteiger partial charge in [0, 0.05) is 56.2 Å². The SMILES string of the molecule is Cc1cc2c3c(c1)N(c1c(C)cc(-c4cc5ccccc5s4)cc1C)c1sc4ccc(C(C)(C)C)cc4c1B3c1ccc(-c3cc4ccccc4s3)cc1N2c1cccc(-c2cc3ccccc3s2)c1. The molecular weight excluding hydrogens is 924 g/mol. The minimum Gasteiger partial charge on any atom is -0.311 e. The fraction of sp³-hybridized carbons (Fsp3) is 0.111. The molecule has 2 aliphatic rings. The maximum Gasteiger partial charge on any atom is 0.254 e. The summed E-state index contributed by atoms with van der Waals surface area (Å²) in [5.41, 5.74) is 19.2. The van der Waals surface area contributed by atoms with E-state index in [-0.39, 0.29) is 12.1 Å². The first kappa shape index (κ1) is 42.2. The highest BCUT2D eigenvalue weighted by atomic mass is 32.1. The molecule has 0 fully saturated rings. The second kappa shape index (κ2) is 15.6. The molecule has 0 unspecified atom stereocenters. The lowest BCUT2D eigenvalue weighted by Crippen LogP contribution is -2.61. The van der Waals surface area contributed by atoms with Crippen molar-refractivity contribution >= 4 is 142 Å². The van der Waals surface area contributed by atoms with Gasteiger partial charge in [-0.15, -0.1) is 45.3 Å². The highest BCUT2D eigenvalue weighted by Crippen LogP contribution is 2.52. The smallest absolute Gasteiger partial charge is 0.254 e. The minimum absolute atomic E-state index is 0.00695. The van der Waals surface area contributed by atoms with Crippen molar-refractivity contribution in [2.45, 2.75) is 47.0 Å². The zero-order valence-electron chi connectivity index (χ0n) is 39.8. The van der Waals surface area contributed by atoms with Crippen molar-refractivity contribution in [3.63, 3.8) is 0 Å². The van der Waals surface area contributed by atoms with Crippen LogP contribution in [0.25, 0.3) is 71.7 Å². The molecule has 0 atom stereocenters. The van der Waals surface area contributed by atoms with Crippen LogP contribution in [0.2, 0.25) is 0 Å². The zero-order valence-corrected chi connectivity index (χ0v) is 43.1. The van der Waals surface area contributed by atoms with E-state index in [0.29, 0.717) is 0 Å². The van der Waals surface area contributed by atoms with Crippen LogP contribution in [-0.2, 0) is 5.41 Å². The van der Waals surface area contributed by atoms with Gasteiger partial charge in [-0.05, 0) is 188 Å². The van der Waals surface area contributed by atoms with Gasteiger partial charge in [-0.2, -0.15) is 0 Å².